The Balaban J connectivity index is 1.48. The molecule has 1 aliphatic carbocycles. The van der Waals surface area contributed by atoms with E-state index < -0.39 is 51.3 Å². The van der Waals surface area contributed by atoms with Crippen LogP contribution < -0.4 is 10.4 Å². The first-order valence-corrected chi connectivity index (χ1v) is 14.5. The molecule has 2 aliphatic rings. The molecule has 2 aromatic heterocycles. The number of amides is 1. The molecule has 3 heterocycles. The highest BCUT2D eigenvalue weighted by molar-refractivity contribution is 7.14. The monoisotopic (exact) mass is 627 g/mol. The van der Waals surface area contributed by atoms with Crippen molar-refractivity contribution in [2.24, 2.45) is 0 Å². The van der Waals surface area contributed by atoms with Crippen LogP contribution in [-0.2, 0) is 16.0 Å². The number of carbonyl (C=O) groups is 2. The number of benzene rings is 1. The van der Waals surface area contributed by atoms with Crippen LogP contribution in [0.3, 0.4) is 0 Å². The molecule has 1 N–H and O–H groups in total. The maximum absolute atomic E-state index is 14.2. The van der Waals surface area contributed by atoms with Gasteiger partial charge in [0.1, 0.15) is 28.4 Å². The third-order valence-electron chi connectivity index (χ3n) is 7.60. The minimum absolute atomic E-state index is 0.00668. The number of hydrogen-bond acceptors (Lipinski definition) is 9. The number of alkyl halides is 2. The lowest BCUT2D eigenvalue weighted by Gasteiger charge is -2.56. The molecule has 10 nitrogen and oxygen atoms in total. The number of fused-ring (bicyclic) bond motifs is 1. The summed E-state index contributed by atoms with van der Waals surface area (Å²) in [6, 6.07) is 3.22. The van der Waals surface area contributed by atoms with Crippen LogP contribution in [0.4, 0.5) is 8.78 Å². The molecule has 1 aromatic carbocycles. The number of esters is 1. The molecule has 0 unspecified atom stereocenters. The van der Waals surface area contributed by atoms with E-state index in [1.165, 1.54) is 16.9 Å². The first-order valence-electron chi connectivity index (χ1n) is 12.8. The molecule has 0 saturated heterocycles. The number of pyridine rings is 1. The highest BCUT2D eigenvalue weighted by atomic mass is 35.5. The molecule has 0 radical (unpaired) electrons. The summed E-state index contributed by atoms with van der Waals surface area (Å²) in [4.78, 5) is 39.1. The normalized spacial score (nSPS) is 20.6. The van der Waals surface area contributed by atoms with Gasteiger partial charge in [0.15, 0.2) is 16.5 Å². The van der Waals surface area contributed by atoms with Gasteiger partial charge in [-0.3, -0.25) is 19.3 Å². The quantitative estimate of drug-likeness (QED) is 0.322. The number of ether oxygens (including phenoxy) is 1. The number of carbonyl (C=O) groups excluding carboxylic acids is 2. The average molecular weight is 628 g/mol. The Morgan fingerprint density at radius 3 is 2.59 bits per heavy atom. The van der Waals surface area contributed by atoms with Crippen molar-refractivity contribution in [1.82, 2.24) is 19.8 Å². The second-order valence-corrected chi connectivity index (χ2v) is 12.0. The second-order valence-electron chi connectivity index (χ2n) is 9.82. The maximum atomic E-state index is 14.2. The van der Waals surface area contributed by atoms with Gasteiger partial charge < -0.3 is 14.7 Å². The summed E-state index contributed by atoms with van der Waals surface area (Å²) in [6.45, 7) is 2.10. The number of halogens is 4. The number of aromatic nitrogens is 3. The van der Waals surface area contributed by atoms with Crippen LogP contribution in [0.25, 0.3) is 10.6 Å². The van der Waals surface area contributed by atoms with Crippen LogP contribution >= 0.6 is 34.5 Å². The summed E-state index contributed by atoms with van der Waals surface area (Å²) in [5, 5.41) is 21.4. The van der Waals surface area contributed by atoms with E-state index in [1.807, 2.05) is 0 Å². The van der Waals surface area contributed by atoms with Crippen molar-refractivity contribution in [3.8, 4) is 16.3 Å². The lowest BCUT2D eigenvalue weighted by atomic mass is 9.84. The van der Waals surface area contributed by atoms with Crippen LogP contribution in [0.2, 0.25) is 0 Å². The van der Waals surface area contributed by atoms with Crippen molar-refractivity contribution in [2.45, 2.75) is 55.6 Å². The van der Waals surface area contributed by atoms with Crippen LogP contribution in [0.1, 0.15) is 53.7 Å². The standard InChI is InChI=1S/C26H25Cl2F2N5O5S/c1-3-34-24(38)19-21(37)20(36)16(23-32-31-18(41-23)10-13-4-5-14(29)11-17(13)30)12-35(19)33(2)26(34)8-6-15(7-9-26)40-25(39)22(27)28/h4-5,11-12,15,22,37H,3,6-10H2,1-2H3. The molecule has 0 atom stereocenters. The largest absolute Gasteiger partial charge is 0.502 e. The zero-order valence-corrected chi connectivity index (χ0v) is 24.3. The first kappa shape index (κ1) is 29.2. The number of rotatable bonds is 6. The molecule has 15 heteroatoms. The molecule has 3 aromatic rings. The Hall–Kier alpha value is -3.29. The summed E-state index contributed by atoms with van der Waals surface area (Å²) in [5.41, 5.74) is -1.61. The van der Waals surface area contributed by atoms with Crippen LogP contribution in [-0.4, -0.2) is 67.0 Å². The van der Waals surface area contributed by atoms with E-state index in [2.05, 4.69) is 10.2 Å². The molecule has 218 valence electrons. The Labute approximate surface area is 247 Å². The molecular formula is C26H25Cl2F2N5O5S. The van der Waals surface area contributed by atoms with Gasteiger partial charge in [-0.25, -0.2) is 13.6 Å². The first-order chi connectivity index (χ1) is 19.5. The SMILES string of the molecule is CCN1C(=O)c2c(O)c(=O)c(-c3nnc(Cc4ccc(F)cc4F)s3)cn2N(C)C12CCC(OC(=O)C(Cl)Cl)CC2. The third kappa shape index (κ3) is 5.15. The number of nitrogens with zero attached hydrogens (tertiary/aromatic N) is 5. The van der Waals surface area contributed by atoms with Crippen LogP contribution in [0, 0.1) is 11.6 Å². The van der Waals surface area contributed by atoms with Gasteiger partial charge in [-0.05, 0) is 44.2 Å². The molecule has 41 heavy (non-hydrogen) atoms. The van der Waals surface area contributed by atoms with Gasteiger partial charge in [0.2, 0.25) is 10.3 Å². The zero-order valence-electron chi connectivity index (χ0n) is 21.9. The van der Waals surface area contributed by atoms with Crippen LogP contribution in [0.5, 0.6) is 5.75 Å². The minimum atomic E-state index is -1.29. The smallest absolute Gasteiger partial charge is 0.339 e. The Morgan fingerprint density at radius 1 is 1.24 bits per heavy atom. The maximum Gasteiger partial charge on any atom is 0.339 e. The summed E-state index contributed by atoms with van der Waals surface area (Å²) in [6.07, 6.45) is 2.72. The van der Waals surface area contributed by atoms with Gasteiger partial charge in [0.25, 0.3) is 5.91 Å². The molecule has 1 fully saturated rings. The van der Waals surface area contributed by atoms with Gasteiger partial charge >= 0.3 is 5.97 Å². The molecule has 5 rings (SSSR count). The Morgan fingerprint density at radius 2 is 1.95 bits per heavy atom. The van der Waals surface area contributed by atoms with Gasteiger partial charge in [-0.1, -0.05) is 40.6 Å². The highest BCUT2D eigenvalue weighted by Gasteiger charge is 2.51. The van der Waals surface area contributed by atoms with Gasteiger partial charge in [-0.2, -0.15) is 0 Å². The van der Waals surface area contributed by atoms with Gasteiger partial charge in [-0.15, -0.1) is 10.2 Å². The van der Waals surface area contributed by atoms with E-state index in [0.29, 0.717) is 37.2 Å². The van der Waals surface area contributed by atoms with E-state index in [9.17, 15) is 28.3 Å². The molecular weight excluding hydrogens is 603 g/mol. The molecule has 1 spiro atoms. The fourth-order valence-corrected chi connectivity index (χ4v) is 6.52. The topological polar surface area (TPSA) is 118 Å². The summed E-state index contributed by atoms with van der Waals surface area (Å²) in [5.74, 6) is -3.41. The molecule has 0 bridgehead atoms. The van der Waals surface area contributed by atoms with Crippen LogP contribution in [0.15, 0.2) is 29.2 Å². The third-order valence-corrected chi connectivity index (χ3v) is 8.92. The summed E-state index contributed by atoms with van der Waals surface area (Å²) < 4.78 is 34.3. The van der Waals surface area contributed by atoms with E-state index in [0.717, 1.165) is 23.5 Å². The lowest BCUT2D eigenvalue weighted by Crippen LogP contribution is -2.70. The lowest BCUT2D eigenvalue weighted by molar-refractivity contribution is -0.150. The summed E-state index contributed by atoms with van der Waals surface area (Å²) in [7, 11) is 1.75. The van der Waals surface area contributed by atoms with Crippen molar-refractivity contribution in [2.75, 3.05) is 18.6 Å². The summed E-state index contributed by atoms with van der Waals surface area (Å²) >= 11 is 12.3. The average Bonchev–Trinajstić information content (AvgIpc) is 3.40. The molecule has 1 amide bonds. The Bertz CT molecular complexity index is 1570. The minimum Gasteiger partial charge on any atom is -0.502 e. The van der Waals surface area contributed by atoms with Crippen molar-refractivity contribution < 1.29 is 28.2 Å². The van der Waals surface area contributed by atoms with E-state index in [-0.39, 0.29) is 28.2 Å². The predicted octanol–water partition coefficient (Wildman–Crippen LogP) is 3.97. The van der Waals surface area contributed by atoms with Crippen molar-refractivity contribution in [1.29, 1.82) is 0 Å². The van der Waals surface area contributed by atoms with Gasteiger partial charge in [0.05, 0.1) is 5.56 Å². The second kappa shape index (κ2) is 11.2. The van der Waals surface area contributed by atoms with E-state index in [4.69, 9.17) is 27.9 Å². The van der Waals surface area contributed by atoms with Crippen molar-refractivity contribution in [3.05, 3.63) is 62.5 Å². The molecule has 1 saturated carbocycles. The molecule has 1 aliphatic heterocycles. The zero-order chi connectivity index (χ0) is 29.6. The number of hydrogen-bond donors (Lipinski definition) is 1. The fourth-order valence-electron chi connectivity index (χ4n) is 5.55. The fraction of sp³-hybridized carbons (Fsp3) is 0.423. The van der Waals surface area contributed by atoms with Crippen molar-refractivity contribution >= 4 is 46.4 Å². The predicted molar refractivity (Wildman–Crippen MR) is 148 cm³/mol. The van der Waals surface area contributed by atoms with Crippen molar-refractivity contribution in [3.63, 3.8) is 0 Å². The van der Waals surface area contributed by atoms with E-state index >= 15 is 0 Å². The van der Waals surface area contributed by atoms with Gasteiger partial charge in [0, 0.05) is 32.3 Å². The highest BCUT2D eigenvalue weighted by Crippen LogP contribution is 2.41. The Kier molecular flexibility index (Phi) is 7.96. The number of aromatic hydroxyl groups is 1. The van der Waals surface area contributed by atoms with E-state index in [1.54, 1.807) is 23.9 Å².